The highest BCUT2D eigenvalue weighted by Gasteiger charge is 2.44. The third kappa shape index (κ3) is 3.70. The number of benzene rings is 1. The SMILES string of the molecule is CC(=O)OCC1=C[C@@H]2c3cc(OC(C)=O)ccc3OC(C)(C)[C@H]2CC1. The predicted octanol–water partition coefficient (Wildman–Crippen LogP) is 3.77. The van der Waals surface area contributed by atoms with Crippen LogP contribution in [0.25, 0.3) is 0 Å². The van der Waals surface area contributed by atoms with Gasteiger partial charge in [-0.1, -0.05) is 6.08 Å². The fourth-order valence-corrected chi connectivity index (χ4v) is 3.84. The normalized spacial score (nSPS) is 23.4. The van der Waals surface area contributed by atoms with Crippen molar-refractivity contribution in [2.75, 3.05) is 6.61 Å². The van der Waals surface area contributed by atoms with Crippen molar-refractivity contribution < 1.29 is 23.8 Å². The van der Waals surface area contributed by atoms with Crippen LogP contribution in [0, 0.1) is 5.92 Å². The molecule has 0 saturated carbocycles. The highest BCUT2D eigenvalue weighted by Crippen LogP contribution is 2.51. The molecule has 5 heteroatoms. The molecule has 1 aliphatic carbocycles. The molecule has 0 fully saturated rings. The summed E-state index contributed by atoms with van der Waals surface area (Å²) in [6.45, 7) is 7.36. The maximum atomic E-state index is 11.3. The predicted molar refractivity (Wildman–Crippen MR) is 92.6 cm³/mol. The van der Waals surface area contributed by atoms with E-state index in [9.17, 15) is 9.59 Å². The summed E-state index contributed by atoms with van der Waals surface area (Å²) in [4.78, 5) is 22.4. The highest BCUT2D eigenvalue weighted by atomic mass is 16.5. The van der Waals surface area contributed by atoms with Crippen LogP contribution in [0.1, 0.15) is 52.0 Å². The van der Waals surface area contributed by atoms with Crippen LogP contribution in [0.5, 0.6) is 11.5 Å². The molecule has 0 unspecified atom stereocenters. The lowest BCUT2D eigenvalue weighted by Gasteiger charge is -2.46. The van der Waals surface area contributed by atoms with E-state index in [0.29, 0.717) is 18.3 Å². The molecule has 1 aliphatic heterocycles. The van der Waals surface area contributed by atoms with E-state index in [0.717, 1.165) is 29.7 Å². The smallest absolute Gasteiger partial charge is 0.308 e. The third-order valence-electron chi connectivity index (χ3n) is 4.95. The third-order valence-corrected chi connectivity index (χ3v) is 4.95. The lowest BCUT2D eigenvalue weighted by molar-refractivity contribution is -0.140. The Hall–Kier alpha value is -2.30. The van der Waals surface area contributed by atoms with Gasteiger partial charge in [0.1, 0.15) is 23.7 Å². The van der Waals surface area contributed by atoms with Crippen molar-refractivity contribution in [2.24, 2.45) is 5.92 Å². The molecular formula is C20H24O5. The molecule has 0 amide bonds. The Morgan fingerprint density at radius 2 is 2.00 bits per heavy atom. The molecule has 25 heavy (non-hydrogen) atoms. The van der Waals surface area contributed by atoms with Crippen LogP contribution in [0.15, 0.2) is 29.8 Å². The van der Waals surface area contributed by atoms with E-state index < -0.39 is 0 Å². The molecule has 0 aromatic heterocycles. The van der Waals surface area contributed by atoms with E-state index in [4.69, 9.17) is 14.2 Å². The molecule has 2 aliphatic rings. The molecule has 2 atom stereocenters. The second kappa shape index (κ2) is 6.54. The molecule has 0 saturated heterocycles. The molecule has 0 radical (unpaired) electrons. The zero-order valence-corrected chi connectivity index (χ0v) is 15.1. The van der Waals surface area contributed by atoms with Gasteiger partial charge in [0.15, 0.2) is 0 Å². The Morgan fingerprint density at radius 3 is 2.68 bits per heavy atom. The number of hydrogen-bond acceptors (Lipinski definition) is 5. The number of carbonyl (C=O) groups excluding carboxylic acids is 2. The van der Waals surface area contributed by atoms with Gasteiger partial charge in [-0.3, -0.25) is 9.59 Å². The van der Waals surface area contributed by atoms with E-state index in [1.807, 2.05) is 12.1 Å². The lowest BCUT2D eigenvalue weighted by Crippen LogP contribution is -2.45. The standard InChI is InChI=1S/C20H24O5/c1-12(21)23-11-14-5-7-18-16(9-14)17-10-15(24-13(2)22)6-8-19(17)25-20(18,3)4/h6,8-10,16,18H,5,7,11H2,1-4H3/t16-,18+/m1/s1. The Bertz CT molecular complexity index is 732. The maximum Gasteiger partial charge on any atom is 0.308 e. The van der Waals surface area contributed by atoms with Gasteiger partial charge >= 0.3 is 11.9 Å². The van der Waals surface area contributed by atoms with Gasteiger partial charge in [0.25, 0.3) is 0 Å². The highest BCUT2D eigenvalue weighted by molar-refractivity contribution is 5.69. The van der Waals surface area contributed by atoms with Crippen molar-refractivity contribution in [3.8, 4) is 11.5 Å². The number of hydrogen-bond donors (Lipinski definition) is 0. The summed E-state index contributed by atoms with van der Waals surface area (Å²) in [5, 5.41) is 0. The number of rotatable bonds is 3. The van der Waals surface area contributed by atoms with Gasteiger partial charge in [0, 0.05) is 31.2 Å². The molecule has 0 N–H and O–H groups in total. The molecule has 1 aromatic rings. The molecule has 1 heterocycles. The molecule has 3 rings (SSSR count). The summed E-state index contributed by atoms with van der Waals surface area (Å²) in [5.41, 5.74) is 1.85. The fraction of sp³-hybridized carbons (Fsp3) is 0.500. The first-order valence-corrected chi connectivity index (χ1v) is 8.60. The van der Waals surface area contributed by atoms with Crippen molar-refractivity contribution in [1.82, 2.24) is 0 Å². The van der Waals surface area contributed by atoms with E-state index >= 15 is 0 Å². The largest absolute Gasteiger partial charge is 0.487 e. The minimum atomic E-state index is -0.344. The molecule has 5 nitrogen and oxygen atoms in total. The second-order valence-electron chi connectivity index (χ2n) is 7.27. The summed E-state index contributed by atoms with van der Waals surface area (Å²) in [6.07, 6.45) is 4.04. The van der Waals surface area contributed by atoms with Gasteiger partial charge < -0.3 is 14.2 Å². The number of esters is 2. The van der Waals surface area contributed by atoms with E-state index in [2.05, 4.69) is 19.9 Å². The monoisotopic (exact) mass is 344 g/mol. The van der Waals surface area contributed by atoms with E-state index in [1.165, 1.54) is 13.8 Å². The summed E-state index contributed by atoms with van der Waals surface area (Å²) in [5.74, 6) is 1.18. The minimum Gasteiger partial charge on any atom is -0.487 e. The van der Waals surface area contributed by atoms with Crippen LogP contribution in [-0.4, -0.2) is 24.1 Å². The Morgan fingerprint density at radius 1 is 1.24 bits per heavy atom. The van der Waals surface area contributed by atoms with Gasteiger partial charge in [0.2, 0.25) is 0 Å². The average Bonchev–Trinajstić information content (AvgIpc) is 2.52. The lowest BCUT2D eigenvalue weighted by atomic mass is 9.68. The Labute approximate surface area is 148 Å². The van der Waals surface area contributed by atoms with Crippen molar-refractivity contribution in [3.63, 3.8) is 0 Å². The topological polar surface area (TPSA) is 61.8 Å². The van der Waals surface area contributed by atoms with Gasteiger partial charge in [-0.2, -0.15) is 0 Å². The number of fused-ring (bicyclic) bond motifs is 3. The molecular weight excluding hydrogens is 320 g/mol. The second-order valence-corrected chi connectivity index (χ2v) is 7.27. The number of allylic oxidation sites excluding steroid dienone is 1. The quantitative estimate of drug-likeness (QED) is 0.474. The van der Waals surface area contributed by atoms with Crippen molar-refractivity contribution in [2.45, 2.75) is 52.1 Å². The maximum absolute atomic E-state index is 11.3. The zero-order valence-electron chi connectivity index (χ0n) is 15.1. The molecule has 134 valence electrons. The van der Waals surface area contributed by atoms with Gasteiger partial charge in [-0.25, -0.2) is 0 Å². The van der Waals surface area contributed by atoms with Crippen LogP contribution < -0.4 is 9.47 Å². The van der Waals surface area contributed by atoms with Gasteiger partial charge in [-0.05, 0) is 50.5 Å². The minimum absolute atomic E-state index is 0.147. The Balaban J connectivity index is 1.97. The summed E-state index contributed by atoms with van der Waals surface area (Å²) in [7, 11) is 0. The van der Waals surface area contributed by atoms with Crippen molar-refractivity contribution >= 4 is 11.9 Å². The summed E-state index contributed by atoms with van der Waals surface area (Å²) >= 11 is 0. The number of ether oxygens (including phenoxy) is 3. The fourth-order valence-electron chi connectivity index (χ4n) is 3.84. The zero-order chi connectivity index (χ0) is 18.2. The number of carbonyl (C=O) groups is 2. The first kappa shape index (κ1) is 17.5. The van der Waals surface area contributed by atoms with Crippen LogP contribution in [0.4, 0.5) is 0 Å². The first-order chi connectivity index (χ1) is 11.8. The summed E-state index contributed by atoms with van der Waals surface area (Å²) in [6, 6.07) is 5.50. The molecule has 0 spiro atoms. The Kier molecular flexibility index (Phi) is 4.58. The van der Waals surface area contributed by atoms with Gasteiger partial charge in [0.05, 0.1) is 0 Å². The van der Waals surface area contributed by atoms with Crippen LogP contribution in [-0.2, 0) is 14.3 Å². The van der Waals surface area contributed by atoms with E-state index in [-0.39, 0.29) is 23.5 Å². The first-order valence-electron chi connectivity index (χ1n) is 8.60. The van der Waals surface area contributed by atoms with Crippen LogP contribution >= 0.6 is 0 Å². The summed E-state index contributed by atoms with van der Waals surface area (Å²) < 4.78 is 16.6. The van der Waals surface area contributed by atoms with Crippen molar-refractivity contribution in [1.29, 1.82) is 0 Å². The molecule has 0 bridgehead atoms. The average molecular weight is 344 g/mol. The van der Waals surface area contributed by atoms with Crippen molar-refractivity contribution in [3.05, 3.63) is 35.4 Å². The molecule has 1 aromatic carbocycles. The van der Waals surface area contributed by atoms with E-state index in [1.54, 1.807) is 6.07 Å². The van der Waals surface area contributed by atoms with Crippen LogP contribution in [0.2, 0.25) is 0 Å². The van der Waals surface area contributed by atoms with Gasteiger partial charge in [-0.15, -0.1) is 0 Å². The van der Waals surface area contributed by atoms with Crippen LogP contribution in [0.3, 0.4) is 0 Å².